The first-order valence-corrected chi connectivity index (χ1v) is 6.86. The molecule has 0 unspecified atom stereocenters. The Bertz CT molecular complexity index is 430. The number of aromatic nitrogens is 1. The minimum Gasteiger partial charge on any atom is -0.469 e. The van der Waals surface area contributed by atoms with Gasteiger partial charge in [-0.3, -0.25) is 9.78 Å². The van der Waals surface area contributed by atoms with Crippen LogP contribution in [0.15, 0.2) is 18.5 Å². The van der Waals surface area contributed by atoms with Crippen LogP contribution in [0.2, 0.25) is 5.02 Å². The minimum absolute atomic E-state index is 0.0364. The van der Waals surface area contributed by atoms with Crippen molar-refractivity contribution in [2.24, 2.45) is 5.92 Å². The summed E-state index contributed by atoms with van der Waals surface area (Å²) in [5.41, 5.74) is 0.951. The number of carbonyl (C=O) groups is 1. The van der Waals surface area contributed by atoms with Crippen LogP contribution in [0, 0.1) is 5.92 Å². The van der Waals surface area contributed by atoms with Crippen molar-refractivity contribution in [1.29, 1.82) is 0 Å². The molecule has 1 aromatic rings. The molecule has 5 heteroatoms. The first-order chi connectivity index (χ1) is 9.20. The highest BCUT2D eigenvalue weighted by molar-refractivity contribution is 6.31. The molecule has 1 saturated carbocycles. The van der Waals surface area contributed by atoms with Crippen LogP contribution in [-0.2, 0) is 20.9 Å². The van der Waals surface area contributed by atoms with E-state index < -0.39 is 0 Å². The molecular formula is C14H18ClNO3. The molecule has 0 bridgehead atoms. The first-order valence-electron chi connectivity index (χ1n) is 6.48. The van der Waals surface area contributed by atoms with Crippen LogP contribution in [0.1, 0.15) is 31.2 Å². The predicted molar refractivity (Wildman–Crippen MR) is 71.8 cm³/mol. The molecule has 1 heterocycles. The Labute approximate surface area is 118 Å². The highest BCUT2D eigenvalue weighted by Gasteiger charge is 2.27. The number of rotatable bonds is 4. The molecule has 0 saturated heterocycles. The van der Waals surface area contributed by atoms with Gasteiger partial charge in [0.15, 0.2) is 0 Å². The minimum atomic E-state index is -0.101. The first kappa shape index (κ1) is 14.3. The van der Waals surface area contributed by atoms with Crippen molar-refractivity contribution in [3.63, 3.8) is 0 Å². The van der Waals surface area contributed by atoms with Crippen LogP contribution in [0.5, 0.6) is 0 Å². The molecule has 1 fully saturated rings. The number of ether oxygens (including phenoxy) is 2. The van der Waals surface area contributed by atoms with Gasteiger partial charge in [-0.1, -0.05) is 11.6 Å². The van der Waals surface area contributed by atoms with Gasteiger partial charge in [0.1, 0.15) is 0 Å². The van der Waals surface area contributed by atoms with Gasteiger partial charge in [-0.25, -0.2) is 0 Å². The van der Waals surface area contributed by atoms with E-state index in [1.54, 1.807) is 12.4 Å². The van der Waals surface area contributed by atoms with Crippen LogP contribution in [-0.4, -0.2) is 24.2 Å². The van der Waals surface area contributed by atoms with Crippen molar-refractivity contribution in [1.82, 2.24) is 4.98 Å². The Morgan fingerprint density at radius 3 is 2.79 bits per heavy atom. The van der Waals surface area contributed by atoms with Crippen LogP contribution >= 0.6 is 11.6 Å². The number of pyridine rings is 1. The Hall–Kier alpha value is -1.13. The van der Waals surface area contributed by atoms with Crippen molar-refractivity contribution in [2.75, 3.05) is 7.11 Å². The summed E-state index contributed by atoms with van der Waals surface area (Å²) < 4.78 is 10.6. The fourth-order valence-corrected chi connectivity index (χ4v) is 2.53. The molecule has 0 aliphatic heterocycles. The fourth-order valence-electron chi connectivity index (χ4n) is 2.36. The standard InChI is InChI=1S/C14H18ClNO3/c1-18-14(17)10-2-4-12(5-3-10)19-9-11-6-7-16-8-13(11)15/h6-8,10,12H,2-5,9H2,1H3. The van der Waals surface area contributed by atoms with Gasteiger partial charge >= 0.3 is 5.97 Å². The van der Waals surface area contributed by atoms with E-state index in [0.29, 0.717) is 11.6 Å². The number of halogens is 1. The molecule has 0 radical (unpaired) electrons. The number of carbonyl (C=O) groups excluding carboxylic acids is 1. The number of methoxy groups -OCH3 is 1. The van der Waals surface area contributed by atoms with E-state index in [1.807, 2.05) is 6.07 Å². The van der Waals surface area contributed by atoms with Crippen LogP contribution in [0.25, 0.3) is 0 Å². The van der Waals surface area contributed by atoms with Crippen molar-refractivity contribution in [2.45, 2.75) is 38.4 Å². The molecule has 0 atom stereocenters. The molecule has 0 spiro atoms. The van der Waals surface area contributed by atoms with Gasteiger partial charge < -0.3 is 9.47 Å². The highest BCUT2D eigenvalue weighted by Crippen LogP contribution is 2.28. The molecule has 0 aromatic carbocycles. The van der Waals surface area contributed by atoms with Gasteiger partial charge in [0, 0.05) is 12.4 Å². The van der Waals surface area contributed by atoms with Crippen molar-refractivity contribution in [3.05, 3.63) is 29.0 Å². The molecule has 2 rings (SSSR count). The zero-order valence-corrected chi connectivity index (χ0v) is 11.7. The number of hydrogen-bond acceptors (Lipinski definition) is 4. The van der Waals surface area contributed by atoms with Gasteiger partial charge in [0.2, 0.25) is 0 Å². The smallest absolute Gasteiger partial charge is 0.308 e. The van der Waals surface area contributed by atoms with Gasteiger partial charge in [0.05, 0.1) is 30.8 Å². The van der Waals surface area contributed by atoms with Crippen LogP contribution < -0.4 is 0 Å². The zero-order valence-electron chi connectivity index (χ0n) is 11.0. The molecule has 1 aromatic heterocycles. The van der Waals surface area contributed by atoms with E-state index in [-0.39, 0.29) is 18.0 Å². The third-order valence-electron chi connectivity index (χ3n) is 3.54. The maximum absolute atomic E-state index is 11.4. The molecule has 19 heavy (non-hydrogen) atoms. The quantitative estimate of drug-likeness (QED) is 0.797. The maximum atomic E-state index is 11.4. The average Bonchev–Trinajstić information content (AvgIpc) is 2.46. The number of nitrogens with zero attached hydrogens (tertiary/aromatic N) is 1. The van der Waals surface area contributed by atoms with Gasteiger partial charge in [0.25, 0.3) is 0 Å². The fraction of sp³-hybridized carbons (Fsp3) is 0.571. The zero-order chi connectivity index (χ0) is 13.7. The Morgan fingerprint density at radius 2 is 2.16 bits per heavy atom. The molecule has 0 amide bonds. The van der Waals surface area contributed by atoms with E-state index in [1.165, 1.54) is 7.11 Å². The van der Waals surface area contributed by atoms with Crippen molar-refractivity contribution in [3.8, 4) is 0 Å². The summed E-state index contributed by atoms with van der Waals surface area (Å²) in [7, 11) is 1.44. The monoisotopic (exact) mass is 283 g/mol. The SMILES string of the molecule is COC(=O)C1CCC(OCc2ccncc2Cl)CC1. The summed E-state index contributed by atoms with van der Waals surface area (Å²) >= 11 is 6.02. The Kier molecular flexibility index (Phi) is 5.16. The summed E-state index contributed by atoms with van der Waals surface area (Å²) in [6, 6.07) is 1.86. The summed E-state index contributed by atoms with van der Waals surface area (Å²) in [5.74, 6) is -0.0648. The van der Waals surface area contributed by atoms with Crippen molar-refractivity contribution < 1.29 is 14.3 Å². The summed E-state index contributed by atoms with van der Waals surface area (Å²) in [4.78, 5) is 15.3. The number of esters is 1. The lowest BCUT2D eigenvalue weighted by Crippen LogP contribution is -2.26. The second kappa shape index (κ2) is 6.87. The van der Waals surface area contributed by atoms with E-state index in [2.05, 4.69) is 4.98 Å². The van der Waals surface area contributed by atoms with Crippen LogP contribution in [0.3, 0.4) is 0 Å². The highest BCUT2D eigenvalue weighted by atomic mass is 35.5. The molecule has 1 aliphatic rings. The average molecular weight is 284 g/mol. The molecule has 1 aliphatic carbocycles. The maximum Gasteiger partial charge on any atom is 0.308 e. The molecule has 4 nitrogen and oxygen atoms in total. The number of hydrogen-bond donors (Lipinski definition) is 0. The third kappa shape index (κ3) is 3.91. The summed E-state index contributed by atoms with van der Waals surface area (Å²) in [6.45, 7) is 0.495. The second-order valence-electron chi connectivity index (χ2n) is 4.77. The van der Waals surface area contributed by atoms with E-state index in [0.717, 1.165) is 31.2 Å². The van der Waals surface area contributed by atoms with Gasteiger partial charge in [-0.05, 0) is 37.3 Å². The molecular weight excluding hydrogens is 266 g/mol. The van der Waals surface area contributed by atoms with E-state index >= 15 is 0 Å². The summed E-state index contributed by atoms with van der Waals surface area (Å²) in [5, 5.41) is 0.630. The lowest BCUT2D eigenvalue weighted by molar-refractivity contribution is -0.147. The molecule has 0 N–H and O–H groups in total. The van der Waals surface area contributed by atoms with Crippen LogP contribution in [0.4, 0.5) is 0 Å². The lowest BCUT2D eigenvalue weighted by Gasteiger charge is -2.27. The van der Waals surface area contributed by atoms with Crippen molar-refractivity contribution >= 4 is 17.6 Å². The third-order valence-corrected chi connectivity index (χ3v) is 3.88. The largest absolute Gasteiger partial charge is 0.469 e. The topological polar surface area (TPSA) is 48.4 Å². The second-order valence-corrected chi connectivity index (χ2v) is 5.18. The van der Waals surface area contributed by atoms with E-state index in [4.69, 9.17) is 21.1 Å². The lowest BCUT2D eigenvalue weighted by atomic mass is 9.87. The predicted octanol–water partition coefficient (Wildman–Crippen LogP) is 2.98. The Morgan fingerprint density at radius 1 is 1.42 bits per heavy atom. The summed E-state index contributed by atoms with van der Waals surface area (Å²) in [6.07, 6.45) is 6.98. The van der Waals surface area contributed by atoms with Gasteiger partial charge in [-0.15, -0.1) is 0 Å². The van der Waals surface area contributed by atoms with Gasteiger partial charge in [-0.2, -0.15) is 0 Å². The van der Waals surface area contributed by atoms with E-state index in [9.17, 15) is 4.79 Å². The Balaban J connectivity index is 1.77. The normalized spacial score (nSPS) is 23.1. The molecule has 104 valence electrons.